The van der Waals surface area contributed by atoms with Crippen molar-refractivity contribution in [2.45, 2.75) is 20.0 Å². The van der Waals surface area contributed by atoms with E-state index < -0.39 is 0 Å². The molecular formula is C26H26N2O2S. The molecular weight excluding hydrogens is 404 g/mol. The topological polar surface area (TPSA) is 45.1 Å². The van der Waals surface area contributed by atoms with Crippen LogP contribution in [0.4, 0.5) is 0 Å². The fourth-order valence-electron chi connectivity index (χ4n) is 3.43. The highest BCUT2D eigenvalue weighted by atomic mass is 32.2. The number of phenolic OH excluding ortho intramolecular Hbond substituents is 1. The maximum absolute atomic E-state index is 10.2. The van der Waals surface area contributed by atoms with Crippen molar-refractivity contribution in [3.63, 3.8) is 0 Å². The van der Waals surface area contributed by atoms with E-state index in [-0.39, 0.29) is 5.75 Å². The number of hydrogen-bond donors (Lipinski definition) is 1. The van der Waals surface area contributed by atoms with Crippen LogP contribution in [0.5, 0.6) is 11.5 Å². The van der Waals surface area contributed by atoms with E-state index in [9.17, 15) is 5.11 Å². The monoisotopic (exact) mass is 430 g/mol. The Morgan fingerprint density at radius 3 is 2.39 bits per heavy atom. The van der Waals surface area contributed by atoms with Gasteiger partial charge < -0.3 is 14.7 Å². The minimum absolute atomic E-state index is 0.165. The van der Waals surface area contributed by atoms with E-state index in [0.29, 0.717) is 18.9 Å². The van der Waals surface area contributed by atoms with Crippen LogP contribution in [-0.4, -0.2) is 28.3 Å². The fraction of sp³-hybridized carbons (Fsp3) is 0.192. The summed E-state index contributed by atoms with van der Waals surface area (Å²) in [6.45, 7) is 4.70. The summed E-state index contributed by atoms with van der Waals surface area (Å²) in [6.07, 6.45) is 2.11. The lowest BCUT2D eigenvalue weighted by atomic mass is 10.2. The summed E-state index contributed by atoms with van der Waals surface area (Å²) in [5, 5.41) is 11.2. The lowest BCUT2D eigenvalue weighted by molar-refractivity contribution is 0.318. The molecule has 31 heavy (non-hydrogen) atoms. The smallest absolute Gasteiger partial charge is 0.164 e. The molecule has 1 heterocycles. The van der Waals surface area contributed by atoms with Crippen LogP contribution in [0.15, 0.2) is 88.8 Å². The number of amidine groups is 1. The van der Waals surface area contributed by atoms with E-state index in [0.717, 1.165) is 23.8 Å². The molecule has 0 spiro atoms. The number of rotatable bonds is 7. The predicted octanol–water partition coefficient (Wildman–Crippen LogP) is 5.94. The van der Waals surface area contributed by atoms with Gasteiger partial charge in [-0.15, -0.1) is 0 Å². The molecule has 0 aliphatic carbocycles. The van der Waals surface area contributed by atoms with E-state index in [1.165, 1.54) is 16.0 Å². The van der Waals surface area contributed by atoms with Crippen LogP contribution in [0, 0.1) is 0 Å². The highest BCUT2D eigenvalue weighted by molar-refractivity contribution is 8.17. The molecule has 4 nitrogen and oxygen atoms in total. The van der Waals surface area contributed by atoms with Gasteiger partial charge in [-0.1, -0.05) is 78.5 Å². The first-order chi connectivity index (χ1) is 15.2. The highest BCUT2D eigenvalue weighted by Gasteiger charge is 2.24. The fourth-order valence-corrected chi connectivity index (χ4v) is 4.47. The van der Waals surface area contributed by atoms with Crippen molar-refractivity contribution < 1.29 is 9.84 Å². The molecule has 1 N–H and O–H groups in total. The average Bonchev–Trinajstić information content (AvgIpc) is 3.16. The number of thioether (sulfide) groups is 1. The molecule has 0 amide bonds. The van der Waals surface area contributed by atoms with E-state index in [4.69, 9.17) is 9.73 Å². The Labute approximate surface area is 187 Å². The first kappa shape index (κ1) is 21.1. The van der Waals surface area contributed by atoms with E-state index >= 15 is 0 Å². The quantitative estimate of drug-likeness (QED) is 0.504. The third-order valence-electron chi connectivity index (χ3n) is 4.91. The molecule has 3 aromatic carbocycles. The third-order valence-corrected chi connectivity index (χ3v) is 5.99. The minimum atomic E-state index is 0.165. The van der Waals surface area contributed by atoms with Crippen molar-refractivity contribution in [2.75, 3.05) is 13.2 Å². The summed E-state index contributed by atoms with van der Waals surface area (Å²) in [7, 11) is 0. The largest absolute Gasteiger partial charge is 0.504 e. The number of nitrogens with zero attached hydrogens (tertiary/aromatic N) is 2. The van der Waals surface area contributed by atoms with Crippen LogP contribution in [0.25, 0.3) is 6.08 Å². The summed E-state index contributed by atoms with van der Waals surface area (Å²) in [4.78, 5) is 8.42. The van der Waals surface area contributed by atoms with Crippen LogP contribution < -0.4 is 4.74 Å². The zero-order valence-corrected chi connectivity index (χ0v) is 18.4. The van der Waals surface area contributed by atoms with E-state index in [2.05, 4.69) is 47.4 Å². The summed E-state index contributed by atoms with van der Waals surface area (Å²) >= 11 is 1.70. The number of benzene rings is 3. The van der Waals surface area contributed by atoms with Crippen molar-refractivity contribution in [1.29, 1.82) is 0 Å². The second-order valence-corrected chi connectivity index (χ2v) is 8.39. The molecule has 1 saturated heterocycles. The second kappa shape index (κ2) is 10.2. The van der Waals surface area contributed by atoms with Crippen LogP contribution in [-0.2, 0) is 13.1 Å². The SMILES string of the molecule is CCOc1ccc(/C=C2/CN(Cc3ccccc3)C(=NCc3ccccc3)S2)cc1O. The minimum Gasteiger partial charge on any atom is -0.504 e. The predicted molar refractivity (Wildman–Crippen MR) is 129 cm³/mol. The summed E-state index contributed by atoms with van der Waals surface area (Å²) in [6, 6.07) is 26.3. The highest BCUT2D eigenvalue weighted by Crippen LogP contribution is 2.34. The molecule has 0 aromatic heterocycles. The summed E-state index contributed by atoms with van der Waals surface area (Å²) in [5.41, 5.74) is 3.41. The van der Waals surface area contributed by atoms with Crippen LogP contribution >= 0.6 is 11.8 Å². The van der Waals surface area contributed by atoms with Gasteiger partial charge in [0.15, 0.2) is 16.7 Å². The van der Waals surface area contributed by atoms with Gasteiger partial charge in [-0.25, -0.2) is 0 Å². The van der Waals surface area contributed by atoms with Gasteiger partial charge >= 0.3 is 0 Å². The Morgan fingerprint density at radius 1 is 1.00 bits per heavy atom. The normalized spacial score (nSPS) is 16.2. The average molecular weight is 431 g/mol. The molecule has 1 aliphatic rings. The van der Waals surface area contributed by atoms with Gasteiger partial charge in [0.1, 0.15) is 0 Å². The van der Waals surface area contributed by atoms with Gasteiger partial charge in [-0.2, -0.15) is 0 Å². The zero-order chi connectivity index (χ0) is 21.5. The van der Waals surface area contributed by atoms with E-state index in [1.54, 1.807) is 17.8 Å². The zero-order valence-electron chi connectivity index (χ0n) is 17.6. The molecule has 1 aliphatic heterocycles. The Kier molecular flexibility index (Phi) is 6.95. The molecule has 1 fully saturated rings. The number of aromatic hydroxyl groups is 1. The number of phenols is 1. The molecule has 0 atom stereocenters. The first-order valence-corrected chi connectivity index (χ1v) is 11.2. The summed E-state index contributed by atoms with van der Waals surface area (Å²) in [5.74, 6) is 0.679. The number of ether oxygens (including phenoxy) is 1. The standard InChI is InChI=1S/C26H26N2O2S/c1-2-30-25-14-13-22(16-24(25)29)15-23-19-28(18-21-11-7-4-8-12-21)26(31-23)27-17-20-9-5-3-6-10-20/h3-16,29H,2,17-19H2,1H3/b23-15-,27-26?. The van der Waals surface area contributed by atoms with Crippen molar-refractivity contribution in [3.05, 3.63) is 100 Å². The third kappa shape index (κ3) is 5.70. The molecule has 0 saturated carbocycles. The van der Waals surface area contributed by atoms with Gasteiger partial charge in [0.2, 0.25) is 0 Å². The van der Waals surface area contributed by atoms with Gasteiger partial charge in [0.05, 0.1) is 19.7 Å². The molecule has 3 aromatic rings. The number of hydrogen-bond acceptors (Lipinski definition) is 4. The van der Waals surface area contributed by atoms with Crippen LogP contribution in [0.1, 0.15) is 23.6 Å². The van der Waals surface area contributed by atoms with Gasteiger partial charge in [0, 0.05) is 11.4 Å². The molecule has 5 heteroatoms. The Balaban J connectivity index is 1.55. The summed E-state index contributed by atoms with van der Waals surface area (Å²) < 4.78 is 5.43. The number of aliphatic imine (C=N–C) groups is 1. The van der Waals surface area contributed by atoms with Crippen LogP contribution in [0.3, 0.4) is 0 Å². The maximum atomic E-state index is 10.2. The Morgan fingerprint density at radius 2 is 1.71 bits per heavy atom. The van der Waals surface area contributed by atoms with Crippen molar-refractivity contribution in [3.8, 4) is 11.5 Å². The molecule has 4 rings (SSSR count). The molecule has 0 radical (unpaired) electrons. The van der Waals surface area contributed by atoms with Crippen molar-refractivity contribution in [2.24, 2.45) is 4.99 Å². The second-order valence-electron chi connectivity index (χ2n) is 7.30. The first-order valence-electron chi connectivity index (χ1n) is 10.4. The maximum Gasteiger partial charge on any atom is 0.164 e. The van der Waals surface area contributed by atoms with Crippen molar-refractivity contribution in [1.82, 2.24) is 4.90 Å². The van der Waals surface area contributed by atoms with Crippen molar-refractivity contribution >= 4 is 23.0 Å². The van der Waals surface area contributed by atoms with Gasteiger partial charge in [-0.3, -0.25) is 4.99 Å². The lowest BCUT2D eigenvalue weighted by Gasteiger charge is -2.17. The molecule has 0 bridgehead atoms. The Bertz CT molecular complexity index is 1070. The molecule has 158 valence electrons. The molecule has 0 unspecified atom stereocenters. The Hall–Kier alpha value is -3.18. The van der Waals surface area contributed by atoms with Gasteiger partial charge in [-0.05, 0) is 41.8 Å². The van der Waals surface area contributed by atoms with E-state index in [1.807, 2.05) is 43.3 Å². The lowest BCUT2D eigenvalue weighted by Crippen LogP contribution is -2.23. The van der Waals surface area contributed by atoms with Gasteiger partial charge in [0.25, 0.3) is 0 Å². The van der Waals surface area contributed by atoms with Crippen LogP contribution in [0.2, 0.25) is 0 Å².